The molecule has 0 fully saturated rings. The van der Waals surface area contributed by atoms with Crippen LogP contribution in [-0.4, -0.2) is 30.8 Å². The molecule has 0 N–H and O–H groups in total. The topological polar surface area (TPSA) is 87.4 Å². The average Bonchev–Trinajstić information content (AvgIpc) is 3.52. The predicted octanol–water partition coefficient (Wildman–Crippen LogP) is 6.74. The molecule has 0 spiro atoms. The number of nitrogens with zero attached hydrogens (tertiary/aromatic N) is 1. The van der Waals surface area contributed by atoms with Crippen LogP contribution in [0.1, 0.15) is 60.5 Å². The summed E-state index contributed by atoms with van der Waals surface area (Å²) in [7, 11) is 0. The van der Waals surface area contributed by atoms with Crippen molar-refractivity contribution in [3.8, 4) is 23.0 Å². The summed E-state index contributed by atoms with van der Waals surface area (Å²) in [6.45, 7) is 7.51. The minimum atomic E-state index is -0.730. The van der Waals surface area contributed by atoms with Crippen molar-refractivity contribution in [2.75, 3.05) is 20.0 Å². The molecule has 8 nitrogen and oxygen atoms in total. The molecular weight excluding hydrogens is 546 g/mol. The number of carbonyl (C=O) groups excluding carboxylic acids is 1. The summed E-state index contributed by atoms with van der Waals surface area (Å²) < 4.78 is 29.1. The zero-order valence-electron chi connectivity index (χ0n) is 23.1. The fraction of sp³-hybridized carbons (Fsp3) is 0.312. The molecule has 2 aliphatic heterocycles. The van der Waals surface area contributed by atoms with Gasteiger partial charge in [0.2, 0.25) is 12.6 Å². The van der Waals surface area contributed by atoms with Gasteiger partial charge in [-0.05, 0) is 72.9 Å². The van der Waals surface area contributed by atoms with Crippen LogP contribution < -0.4 is 24.4 Å². The van der Waals surface area contributed by atoms with E-state index in [-0.39, 0.29) is 36.0 Å². The van der Waals surface area contributed by atoms with Gasteiger partial charge in [0, 0.05) is 11.6 Å². The molecule has 6 rings (SSSR count). The summed E-state index contributed by atoms with van der Waals surface area (Å²) in [4.78, 5) is 29.5. The van der Waals surface area contributed by atoms with Gasteiger partial charge < -0.3 is 28.3 Å². The molecule has 1 amide bonds. The molecule has 41 heavy (non-hydrogen) atoms. The lowest BCUT2D eigenvalue weighted by molar-refractivity contribution is 0.0714. The van der Waals surface area contributed by atoms with Gasteiger partial charge in [-0.1, -0.05) is 37.6 Å². The van der Waals surface area contributed by atoms with Crippen molar-refractivity contribution in [1.29, 1.82) is 0 Å². The molecule has 3 aromatic carbocycles. The van der Waals surface area contributed by atoms with Crippen molar-refractivity contribution >= 4 is 28.5 Å². The highest BCUT2D eigenvalue weighted by Gasteiger charge is 2.43. The van der Waals surface area contributed by atoms with Crippen molar-refractivity contribution in [2.24, 2.45) is 5.92 Å². The van der Waals surface area contributed by atoms with E-state index < -0.39 is 6.04 Å². The van der Waals surface area contributed by atoms with Crippen molar-refractivity contribution in [1.82, 2.24) is 4.90 Å². The fourth-order valence-electron chi connectivity index (χ4n) is 5.23. The van der Waals surface area contributed by atoms with E-state index >= 15 is 0 Å². The number of ether oxygens (including phenoxy) is 4. The van der Waals surface area contributed by atoms with E-state index in [0.29, 0.717) is 63.7 Å². The Morgan fingerprint density at radius 1 is 0.976 bits per heavy atom. The molecule has 4 aromatic rings. The molecule has 0 aliphatic carbocycles. The van der Waals surface area contributed by atoms with Gasteiger partial charge in [-0.2, -0.15) is 0 Å². The fourth-order valence-corrected chi connectivity index (χ4v) is 5.40. The van der Waals surface area contributed by atoms with Crippen molar-refractivity contribution in [2.45, 2.75) is 39.8 Å². The Hall–Kier alpha value is -4.17. The third-order valence-corrected chi connectivity index (χ3v) is 7.49. The Labute approximate surface area is 242 Å². The van der Waals surface area contributed by atoms with Crippen LogP contribution in [0.3, 0.4) is 0 Å². The van der Waals surface area contributed by atoms with Crippen LogP contribution in [0.4, 0.5) is 0 Å². The number of amides is 1. The van der Waals surface area contributed by atoms with E-state index in [0.717, 1.165) is 12.0 Å². The average molecular weight is 576 g/mol. The summed E-state index contributed by atoms with van der Waals surface area (Å²) in [5, 5.41) is 0.724. The standard InChI is InChI=1S/C32H30ClNO7/c1-4-37-27-14-20(6-9-24(27)38-12-11-18(2)3)29-28-30(35)22-15-21(33)7-10-23(22)41-31(28)32(36)34(29)16-19-5-8-25-26(13-19)40-17-39-25/h5-10,13-15,18,29H,4,11-12,16-17H2,1-3H3. The first-order valence-electron chi connectivity index (χ1n) is 13.7. The molecule has 9 heteroatoms. The van der Waals surface area contributed by atoms with Crippen LogP contribution in [-0.2, 0) is 6.54 Å². The highest BCUT2D eigenvalue weighted by atomic mass is 35.5. The van der Waals surface area contributed by atoms with Gasteiger partial charge in [0.05, 0.1) is 30.2 Å². The van der Waals surface area contributed by atoms with E-state index in [1.165, 1.54) is 0 Å². The second-order valence-electron chi connectivity index (χ2n) is 10.5. The van der Waals surface area contributed by atoms with Gasteiger partial charge in [-0.15, -0.1) is 0 Å². The Bertz CT molecular complexity index is 1700. The third kappa shape index (κ3) is 5.08. The monoisotopic (exact) mass is 575 g/mol. The van der Waals surface area contributed by atoms with Gasteiger partial charge in [0.25, 0.3) is 5.91 Å². The Morgan fingerprint density at radius 3 is 2.61 bits per heavy atom. The molecule has 1 atom stereocenters. The van der Waals surface area contributed by atoms with E-state index in [2.05, 4.69) is 13.8 Å². The molecule has 212 valence electrons. The van der Waals surface area contributed by atoms with Crippen LogP contribution >= 0.6 is 11.6 Å². The molecule has 3 heterocycles. The maximum atomic E-state index is 13.9. The van der Waals surface area contributed by atoms with Crippen LogP contribution in [0.15, 0.2) is 63.8 Å². The maximum absolute atomic E-state index is 13.9. The highest BCUT2D eigenvalue weighted by Crippen LogP contribution is 2.43. The quantitative estimate of drug-likeness (QED) is 0.218. The zero-order valence-corrected chi connectivity index (χ0v) is 23.8. The Balaban J connectivity index is 1.46. The van der Waals surface area contributed by atoms with Gasteiger partial charge in [0.15, 0.2) is 28.4 Å². The van der Waals surface area contributed by atoms with Crippen molar-refractivity contribution in [3.63, 3.8) is 0 Å². The van der Waals surface area contributed by atoms with Gasteiger partial charge in [-0.3, -0.25) is 9.59 Å². The third-order valence-electron chi connectivity index (χ3n) is 7.25. The van der Waals surface area contributed by atoms with Crippen LogP contribution in [0, 0.1) is 5.92 Å². The lowest BCUT2D eigenvalue weighted by Gasteiger charge is -2.26. The largest absolute Gasteiger partial charge is 0.490 e. The number of benzene rings is 3. The summed E-state index contributed by atoms with van der Waals surface area (Å²) >= 11 is 6.23. The van der Waals surface area contributed by atoms with Crippen LogP contribution in [0.5, 0.6) is 23.0 Å². The first-order chi connectivity index (χ1) is 19.8. The van der Waals surface area contributed by atoms with Crippen molar-refractivity contribution < 1.29 is 28.2 Å². The minimum Gasteiger partial charge on any atom is -0.490 e. The van der Waals surface area contributed by atoms with Crippen LogP contribution in [0.2, 0.25) is 5.02 Å². The predicted molar refractivity (Wildman–Crippen MR) is 154 cm³/mol. The molecule has 0 radical (unpaired) electrons. The first-order valence-corrected chi connectivity index (χ1v) is 14.1. The summed E-state index contributed by atoms with van der Waals surface area (Å²) in [5.74, 6) is 2.55. The van der Waals surface area contributed by atoms with E-state index in [9.17, 15) is 9.59 Å². The smallest absolute Gasteiger partial charge is 0.291 e. The lowest BCUT2D eigenvalue weighted by Crippen LogP contribution is -2.29. The highest BCUT2D eigenvalue weighted by molar-refractivity contribution is 6.31. The minimum absolute atomic E-state index is 0.0192. The second kappa shape index (κ2) is 11.0. The number of hydrogen-bond acceptors (Lipinski definition) is 7. The summed E-state index contributed by atoms with van der Waals surface area (Å²) in [6, 6.07) is 15.2. The molecule has 1 aromatic heterocycles. The normalized spacial score (nSPS) is 15.6. The molecular formula is C32H30ClNO7. The molecule has 0 saturated heterocycles. The SMILES string of the molecule is CCOc1cc(C2c3c(oc4ccc(Cl)cc4c3=O)C(=O)N2Cc2ccc3c(c2)OCO3)ccc1OCCC(C)C. The van der Waals surface area contributed by atoms with Crippen LogP contribution in [0.25, 0.3) is 11.0 Å². The van der Waals surface area contributed by atoms with Gasteiger partial charge in [-0.25, -0.2) is 0 Å². The molecule has 1 unspecified atom stereocenters. The Morgan fingerprint density at radius 2 is 1.80 bits per heavy atom. The maximum Gasteiger partial charge on any atom is 0.291 e. The second-order valence-corrected chi connectivity index (χ2v) is 10.9. The van der Waals surface area contributed by atoms with Gasteiger partial charge >= 0.3 is 0 Å². The lowest BCUT2D eigenvalue weighted by atomic mass is 9.97. The van der Waals surface area contributed by atoms with Crippen molar-refractivity contribution in [3.05, 3.63) is 92.3 Å². The molecule has 2 aliphatic rings. The Kier molecular flexibility index (Phi) is 7.26. The number of fused-ring (bicyclic) bond motifs is 3. The number of halogens is 1. The number of rotatable bonds is 9. The number of hydrogen-bond donors (Lipinski definition) is 0. The summed E-state index contributed by atoms with van der Waals surface area (Å²) in [5.41, 5.74) is 1.79. The first kappa shape index (κ1) is 27.0. The number of carbonyl (C=O) groups is 1. The van der Waals surface area contributed by atoms with E-state index in [1.807, 2.05) is 43.3 Å². The van der Waals surface area contributed by atoms with E-state index in [4.69, 9.17) is 35.0 Å². The zero-order chi connectivity index (χ0) is 28.7. The van der Waals surface area contributed by atoms with E-state index in [1.54, 1.807) is 23.1 Å². The summed E-state index contributed by atoms with van der Waals surface area (Å²) in [6.07, 6.45) is 0.901. The molecule has 0 saturated carbocycles. The molecule has 0 bridgehead atoms. The van der Waals surface area contributed by atoms with Gasteiger partial charge in [0.1, 0.15) is 5.58 Å².